The molecule has 0 heterocycles. The molecule has 0 fully saturated rings. The van der Waals surface area contributed by atoms with Crippen molar-refractivity contribution in [3.63, 3.8) is 0 Å². The highest BCUT2D eigenvalue weighted by Crippen LogP contribution is 2.11. The van der Waals surface area contributed by atoms with Gasteiger partial charge in [0.15, 0.2) is 6.04 Å². The lowest BCUT2D eigenvalue weighted by Crippen LogP contribution is -2.50. The first-order chi connectivity index (χ1) is 9.45. The third-order valence-corrected chi connectivity index (χ3v) is 3.40. The van der Waals surface area contributed by atoms with E-state index in [-0.39, 0.29) is 0 Å². The molecule has 3 atom stereocenters. The average molecular weight is 297 g/mol. The lowest BCUT2D eigenvalue weighted by atomic mass is 9.99. The van der Waals surface area contributed by atoms with Crippen LogP contribution >= 0.6 is 12.6 Å². The Balaban J connectivity index is 2.69. The second-order valence-corrected chi connectivity index (χ2v) is 5.00. The number of carboxylic acid groups (broad SMARTS) is 1. The average Bonchev–Trinajstić information content (AvgIpc) is 2.42. The maximum absolute atomic E-state index is 12.1. The van der Waals surface area contributed by atoms with Crippen molar-refractivity contribution in [1.29, 1.82) is 0 Å². The number of thiol groups is 1. The second kappa shape index (κ2) is 7.91. The summed E-state index contributed by atoms with van der Waals surface area (Å²) < 4.78 is 0. The van der Waals surface area contributed by atoms with Gasteiger partial charge in [0.05, 0.1) is 12.0 Å². The minimum atomic E-state index is -1.30. The first-order valence-corrected chi connectivity index (χ1v) is 6.95. The second-order valence-electron chi connectivity index (χ2n) is 4.63. The number of rotatable bonds is 7. The van der Waals surface area contributed by atoms with Crippen molar-refractivity contribution in [3.05, 3.63) is 35.9 Å². The van der Waals surface area contributed by atoms with Crippen molar-refractivity contribution >= 4 is 24.5 Å². The molecule has 6 heteroatoms. The molecule has 20 heavy (non-hydrogen) atoms. The number of carbonyl (C=O) groups is 2. The van der Waals surface area contributed by atoms with Gasteiger partial charge in [0, 0.05) is 5.75 Å². The predicted molar refractivity (Wildman–Crippen MR) is 78.7 cm³/mol. The number of hydrogen-bond donors (Lipinski definition) is 4. The minimum Gasteiger partial charge on any atom is -0.480 e. The van der Waals surface area contributed by atoms with Gasteiger partial charge in [-0.25, -0.2) is 4.79 Å². The SMILES string of the molecule is C[C@@H](O)[C@H](NC(=O)C(CS)Cc1ccccc1)C(=O)O. The lowest BCUT2D eigenvalue weighted by Gasteiger charge is -2.21. The van der Waals surface area contributed by atoms with Crippen LogP contribution in [0.3, 0.4) is 0 Å². The Labute approximate surface area is 123 Å². The van der Waals surface area contributed by atoms with Crippen LogP contribution in [0.15, 0.2) is 30.3 Å². The van der Waals surface area contributed by atoms with E-state index >= 15 is 0 Å². The van der Waals surface area contributed by atoms with Gasteiger partial charge >= 0.3 is 5.97 Å². The predicted octanol–water partition coefficient (Wildman–Crippen LogP) is 0.725. The van der Waals surface area contributed by atoms with E-state index < -0.39 is 29.9 Å². The van der Waals surface area contributed by atoms with Crippen LogP contribution in [0.1, 0.15) is 12.5 Å². The van der Waals surface area contributed by atoms with Crippen LogP contribution in [0.4, 0.5) is 0 Å². The summed E-state index contributed by atoms with van der Waals surface area (Å²) in [7, 11) is 0. The summed E-state index contributed by atoms with van der Waals surface area (Å²) >= 11 is 4.14. The van der Waals surface area contributed by atoms with Gasteiger partial charge < -0.3 is 15.5 Å². The normalized spacial score (nSPS) is 15.2. The fourth-order valence-corrected chi connectivity index (χ4v) is 2.09. The Bertz CT molecular complexity index is 450. The van der Waals surface area contributed by atoms with E-state index in [1.807, 2.05) is 30.3 Å². The molecule has 0 saturated carbocycles. The van der Waals surface area contributed by atoms with Crippen LogP contribution in [-0.4, -0.2) is 40.0 Å². The summed E-state index contributed by atoms with van der Waals surface area (Å²) in [6, 6.07) is 8.12. The number of amides is 1. The van der Waals surface area contributed by atoms with Gasteiger partial charge in [-0.15, -0.1) is 0 Å². The molecule has 0 aliphatic rings. The Morgan fingerprint density at radius 2 is 1.90 bits per heavy atom. The topological polar surface area (TPSA) is 86.6 Å². The molecule has 0 aliphatic carbocycles. The van der Waals surface area contributed by atoms with Crippen LogP contribution in [0.25, 0.3) is 0 Å². The molecular weight excluding hydrogens is 278 g/mol. The smallest absolute Gasteiger partial charge is 0.328 e. The van der Waals surface area contributed by atoms with Crippen molar-refractivity contribution in [3.8, 4) is 0 Å². The molecule has 0 aliphatic heterocycles. The number of aliphatic hydroxyl groups excluding tert-OH is 1. The Hall–Kier alpha value is -1.53. The minimum absolute atomic E-state index is 0.298. The van der Waals surface area contributed by atoms with Crippen LogP contribution in [-0.2, 0) is 16.0 Å². The van der Waals surface area contributed by atoms with E-state index in [1.54, 1.807) is 0 Å². The zero-order valence-electron chi connectivity index (χ0n) is 11.2. The van der Waals surface area contributed by atoms with E-state index in [0.29, 0.717) is 12.2 Å². The quantitative estimate of drug-likeness (QED) is 0.559. The van der Waals surface area contributed by atoms with Crippen molar-refractivity contribution in [1.82, 2.24) is 5.32 Å². The highest BCUT2D eigenvalue weighted by molar-refractivity contribution is 7.80. The summed E-state index contributed by atoms with van der Waals surface area (Å²) in [5, 5.41) is 20.7. The molecule has 1 rings (SSSR count). The fraction of sp³-hybridized carbons (Fsp3) is 0.429. The van der Waals surface area contributed by atoms with Gasteiger partial charge in [0.1, 0.15) is 0 Å². The van der Waals surface area contributed by atoms with Gasteiger partial charge in [-0.1, -0.05) is 30.3 Å². The van der Waals surface area contributed by atoms with Crippen LogP contribution in [0.5, 0.6) is 0 Å². The molecule has 3 N–H and O–H groups in total. The van der Waals surface area contributed by atoms with Crippen molar-refractivity contribution in [2.24, 2.45) is 5.92 Å². The number of aliphatic hydroxyl groups is 1. The number of carboxylic acids is 1. The summed E-state index contributed by atoms with van der Waals surface area (Å²) in [4.78, 5) is 23.0. The first-order valence-electron chi connectivity index (χ1n) is 6.31. The zero-order chi connectivity index (χ0) is 15.1. The van der Waals surface area contributed by atoms with Gasteiger partial charge in [0.25, 0.3) is 0 Å². The van der Waals surface area contributed by atoms with E-state index in [0.717, 1.165) is 5.56 Å². The van der Waals surface area contributed by atoms with Crippen molar-refractivity contribution < 1.29 is 19.8 Å². The number of carbonyl (C=O) groups excluding carboxylic acids is 1. The van der Waals surface area contributed by atoms with Gasteiger partial charge in [-0.3, -0.25) is 4.79 Å². The van der Waals surface area contributed by atoms with E-state index in [4.69, 9.17) is 5.11 Å². The first kappa shape index (κ1) is 16.5. The Morgan fingerprint density at radius 1 is 1.30 bits per heavy atom. The molecule has 1 amide bonds. The maximum atomic E-state index is 12.1. The largest absolute Gasteiger partial charge is 0.480 e. The van der Waals surface area contributed by atoms with E-state index in [2.05, 4.69) is 17.9 Å². The van der Waals surface area contributed by atoms with E-state index in [1.165, 1.54) is 6.92 Å². The molecule has 0 aromatic heterocycles. The molecule has 1 unspecified atom stereocenters. The third-order valence-electron chi connectivity index (χ3n) is 2.96. The van der Waals surface area contributed by atoms with Crippen LogP contribution in [0.2, 0.25) is 0 Å². The molecule has 5 nitrogen and oxygen atoms in total. The highest BCUT2D eigenvalue weighted by atomic mass is 32.1. The summed E-state index contributed by atoms with van der Waals surface area (Å²) in [5.41, 5.74) is 0.977. The molecule has 0 radical (unpaired) electrons. The van der Waals surface area contributed by atoms with Gasteiger partial charge in [-0.05, 0) is 18.9 Å². The van der Waals surface area contributed by atoms with Crippen molar-refractivity contribution in [2.75, 3.05) is 5.75 Å². The zero-order valence-corrected chi connectivity index (χ0v) is 12.1. The molecule has 0 spiro atoms. The summed E-state index contributed by atoms with van der Waals surface area (Å²) in [6.07, 6.45) is -0.684. The standard InChI is InChI=1S/C14H19NO4S/c1-9(16)12(14(18)19)15-13(17)11(8-20)7-10-5-3-2-4-6-10/h2-6,9,11-12,16,20H,7-8H2,1H3,(H,15,17)(H,18,19)/t9-,11?,12+/m1/s1. The number of hydrogen-bond acceptors (Lipinski definition) is 4. The van der Waals surface area contributed by atoms with Crippen LogP contribution in [0, 0.1) is 5.92 Å². The Morgan fingerprint density at radius 3 is 2.35 bits per heavy atom. The Kier molecular flexibility index (Phi) is 6.54. The fourth-order valence-electron chi connectivity index (χ4n) is 1.80. The van der Waals surface area contributed by atoms with Crippen LogP contribution < -0.4 is 5.32 Å². The summed E-state index contributed by atoms with van der Waals surface area (Å²) in [5.74, 6) is -1.82. The number of nitrogens with one attached hydrogen (secondary N) is 1. The monoisotopic (exact) mass is 297 g/mol. The maximum Gasteiger partial charge on any atom is 0.328 e. The summed E-state index contributed by atoms with van der Waals surface area (Å²) in [6.45, 7) is 1.33. The molecular formula is C14H19NO4S. The van der Waals surface area contributed by atoms with Gasteiger partial charge in [-0.2, -0.15) is 12.6 Å². The number of aliphatic carboxylic acids is 1. The van der Waals surface area contributed by atoms with Crippen molar-refractivity contribution in [2.45, 2.75) is 25.5 Å². The molecule has 110 valence electrons. The van der Waals surface area contributed by atoms with Gasteiger partial charge in [0.2, 0.25) is 5.91 Å². The number of benzene rings is 1. The highest BCUT2D eigenvalue weighted by Gasteiger charge is 2.28. The molecule has 0 saturated heterocycles. The molecule has 1 aromatic rings. The van der Waals surface area contributed by atoms with E-state index in [9.17, 15) is 14.7 Å². The lowest BCUT2D eigenvalue weighted by molar-refractivity contribution is -0.145. The molecule has 1 aromatic carbocycles. The molecule has 0 bridgehead atoms. The third kappa shape index (κ3) is 4.86.